The van der Waals surface area contributed by atoms with Gasteiger partial charge < -0.3 is 0 Å². The van der Waals surface area contributed by atoms with E-state index in [1.54, 1.807) is 23.7 Å². The number of nitrogens with zero attached hydrogens (tertiary/aromatic N) is 2. The minimum atomic E-state index is -3.44. The normalized spacial score (nSPS) is 11.6. The molecule has 0 aliphatic heterocycles. The number of hydrogen-bond acceptors (Lipinski definition) is 5. The van der Waals surface area contributed by atoms with Gasteiger partial charge in [-0.2, -0.15) is 0 Å². The molecule has 1 heterocycles. The lowest BCUT2D eigenvalue weighted by atomic mass is 10.2. The first-order valence-electron chi connectivity index (χ1n) is 5.95. The Bertz CT molecular complexity index is 624. The third-order valence-corrected chi connectivity index (χ3v) is 4.87. The van der Waals surface area contributed by atoms with Crippen LogP contribution in [0.25, 0.3) is 0 Å². The van der Waals surface area contributed by atoms with Crippen LogP contribution in [0.2, 0.25) is 0 Å². The number of benzene rings is 1. The van der Waals surface area contributed by atoms with Crippen molar-refractivity contribution in [1.82, 2.24) is 14.9 Å². The Morgan fingerprint density at radius 1 is 1.37 bits per heavy atom. The van der Waals surface area contributed by atoms with E-state index in [1.807, 2.05) is 13.0 Å². The summed E-state index contributed by atoms with van der Waals surface area (Å²) in [7, 11) is -3.44. The molecule has 19 heavy (non-hydrogen) atoms. The van der Waals surface area contributed by atoms with E-state index in [1.165, 1.54) is 11.3 Å². The fraction of sp³-hybridized carbons (Fsp3) is 0.333. The summed E-state index contributed by atoms with van der Waals surface area (Å²) < 4.78 is 26.7. The summed E-state index contributed by atoms with van der Waals surface area (Å²) in [6.07, 6.45) is 1.37. The van der Waals surface area contributed by atoms with Crippen LogP contribution in [-0.4, -0.2) is 25.2 Å². The maximum Gasteiger partial charge on any atom is 0.240 e. The lowest BCUT2D eigenvalue weighted by molar-refractivity contribution is 0.581. The van der Waals surface area contributed by atoms with Gasteiger partial charge in [-0.05, 0) is 24.1 Å². The van der Waals surface area contributed by atoms with Gasteiger partial charge in [-0.25, -0.2) is 13.1 Å². The largest absolute Gasteiger partial charge is 0.240 e. The molecule has 0 spiro atoms. The monoisotopic (exact) mass is 297 g/mol. The maximum atomic E-state index is 12.1. The Kier molecular flexibility index (Phi) is 4.62. The molecule has 1 aromatic carbocycles. The lowest BCUT2D eigenvalue weighted by Gasteiger charge is -2.07. The first kappa shape index (κ1) is 14.1. The Balaban J connectivity index is 2.01. The van der Waals surface area contributed by atoms with Crippen LogP contribution in [0.4, 0.5) is 0 Å². The van der Waals surface area contributed by atoms with Gasteiger partial charge in [-0.1, -0.05) is 19.1 Å². The molecule has 0 aliphatic rings. The molecule has 5 nitrogen and oxygen atoms in total. The second-order valence-corrected chi connectivity index (χ2v) is 6.67. The SMILES string of the molecule is CCc1cccc(S(=O)(=O)NCCc2nncs2)c1. The molecular weight excluding hydrogens is 282 g/mol. The van der Waals surface area contributed by atoms with E-state index in [0.717, 1.165) is 17.0 Å². The van der Waals surface area contributed by atoms with Gasteiger partial charge in [0.1, 0.15) is 10.5 Å². The predicted octanol–water partition coefficient (Wildman–Crippen LogP) is 1.62. The number of nitrogens with one attached hydrogen (secondary N) is 1. The van der Waals surface area contributed by atoms with Crippen LogP contribution in [0, 0.1) is 0 Å². The standard InChI is InChI=1S/C12H15N3O2S2/c1-2-10-4-3-5-11(8-10)19(16,17)14-7-6-12-15-13-9-18-12/h3-5,8-9,14H,2,6-7H2,1H3. The Labute approximate surface area is 116 Å². The van der Waals surface area contributed by atoms with Crippen LogP contribution in [0.15, 0.2) is 34.7 Å². The first-order valence-corrected chi connectivity index (χ1v) is 8.32. The molecule has 7 heteroatoms. The highest BCUT2D eigenvalue weighted by Gasteiger charge is 2.13. The highest BCUT2D eigenvalue weighted by Crippen LogP contribution is 2.12. The summed E-state index contributed by atoms with van der Waals surface area (Å²) in [5, 5.41) is 8.40. The van der Waals surface area contributed by atoms with Crippen molar-refractivity contribution in [1.29, 1.82) is 0 Å². The van der Waals surface area contributed by atoms with E-state index >= 15 is 0 Å². The smallest absolute Gasteiger partial charge is 0.211 e. The van der Waals surface area contributed by atoms with Crippen molar-refractivity contribution in [2.24, 2.45) is 0 Å². The Morgan fingerprint density at radius 3 is 2.89 bits per heavy atom. The third kappa shape index (κ3) is 3.82. The summed E-state index contributed by atoms with van der Waals surface area (Å²) in [5.74, 6) is 0. The van der Waals surface area contributed by atoms with E-state index < -0.39 is 10.0 Å². The summed E-state index contributed by atoms with van der Waals surface area (Å²) in [5.41, 5.74) is 2.64. The van der Waals surface area contributed by atoms with Gasteiger partial charge in [-0.15, -0.1) is 21.5 Å². The van der Waals surface area contributed by atoms with Crippen LogP contribution in [-0.2, 0) is 22.9 Å². The van der Waals surface area contributed by atoms with E-state index in [2.05, 4.69) is 14.9 Å². The molecule has 0 bridgehead atoms. The van der Waals surface area contributed by atoms with Gasteiger partial charge in [0.2, 0.25) is 10.0 Å². The van der Waals surface area contributed by atoms with Crippen molar-refractivity contribution in [2.45, 2.75) is 24.7 Å². The minimum Gasteiger partial charge on any atom is -0.211 e. The van der Waals surface area contributed by atoms with Crippen molar-refractivity contribution < 1.29 is 8.42 Å². The topological polar surface area (TPSA) is 72.0 Å². The predicted molar refractivity (Wildman–Crippen MR) is 74.6 cm³/mol. The second-order valence-electron chi connectivity index (χ2n) is 3.98. The third-order valence-electron chi connectivity index (χ3n) is 2.65. The fourth-order valence-corrected chi connectivity index (χ4v) is 3.24. The molecule has 0 saturated heterocycles. The highest BCUT2D eigenvalue weighted by molar-refractivity contribution is 7.89. The first-order chi connectivity index (χ1) is 9.12. The van der Waals surface area contributed by atoms with E-state index in [0.29, 0.717) is 17.9 Å². The summed E-state index contributed by atoms with van der Waals surface area (Å²) in [4.78, 5) is 0.309. The zero-order chi connectivity index (χ0) is 13.7. The van der Waals surface area contributed by atoms with Gasteiger partial charge in [0.25, 0.3) is 0 Å². The van der Waals surface area contributed by atoms with Crippen molar-refractivity contribution >= 4 is 21.4 Å². The van der Waals surface area contributed by atoms with Crippen LogP contribution < -0.4 is 4.72 Å². The molecule has 0 fully saturated rings. The lowest BCUT2D eigenvalue weighted by Crippen LogP contribution is -2.26. The molecular formula is C12H15N3O2S2. The zero-order valence-corrected chi connectivity index (χ0v) is 12.2. The number of hydrogen-bond donors (Lipinski definition) is 1. The fourth-order valence-electron chi connectivity index (χ4n) is 1.61. The summed E-state index contributed by atoms with van der Waals surface area (Å²) in [6, 6.07) is 6.98. The van der Waals surface area contributed by atoms with Crippen molar-refractivity contribution in [3.8, 4) is 0 Å². The van der Waals surface area contributed by atoms with Gasteiger partial charge in [0.05, 0.1) is 4.90 Å². The van der Waals surface area contributed by atoms with Gasteiger partial charge >= 0.3 is 0 Å². The van der Waals surface area contributed by atoms with Crippen LogP contribution in [0.5, 0.6) is 0 Å². The Hall–Kier alpha value is -1.31. The number of rotatable bonds is 6. The number of aryl methyl sites for hydroxylation is 1. The van der Waals surface area contributed by atoms with Crippen molar-refractivity contribution in [3.05, 3.63) is 40.3 Å². The van der Waals surface area contributed by atoms with Crippen LogP contribution in [0.3, 0.4) is 0 Å². The molecule has 0 unspecified atom stereocenters. The van der Waals surface area contributed by atoms with E-state index in [-0.39, 0.29) is 0 Å². The van der Waals surface area contributed by atoms with Crippen LogP contribution in [0.1, 0.15) is 17.5 Å². The van der Waals surface area contributed by atoms with Gasteiger partial charge in [-0.3, -0.25) is 0 Å². The molecule has 0 aliphatic carbocycles. The number of sulfonamides is 1. The summed E-state index contributed by atoms with van der Waals surface area (Å²) in [6.45, 7) is 2.32. The molecule has 0 radical (unpaired) electrons. The number of aromatic nitrogens is 2. The summed E-state index contributed by atoms with van der Waals surface area (Å²) >= 11 is 1.42. The van der Waals surface area contributed by atoms with Crippen molar-refractivity contribution in [2.75, 3.05) is 6.54 Å². The molecule has 0 amide bonds. The Morgan fingerprint density at radius 2 is 2.21 bits per heavy atom. The molecule has 1 N–H and O–H groups in total. The van der Waals surface area contributed by atoms with Crippen molar-refractivity contribution in [3.63, 3.8) is 0 Å². The van der Waals surface area contributed by atoms with Gasteiger partial charge in [0, 0.05) is 13.0 Å². The molecule has 1 aromatic heterocycles. The molecule has 0 atom stereocenters. The quantitative estimate of drug-likeness (QED) is 0.879. The maximum absolute atomic E-state index is 12.1. The van der Waals surface area contributed by atoms with Gasteiger partial charge in [0.15, 0.2) is 0 Å². The van der Waals surface area contributed by atoms with E-state index in [4.69, 9.17) is 0 Å². The minimum absolute atomic E-state index is 0.309. The highest BCUT2D eigenvalue weighted by atomic mass is 32.2. The zero-order valence-electron chi connectivity index (χ0n) is 10.5. The second kappa shape index (κ2) is 6.23. The average molecular weight is 297 g/mol. The molecule has 102 valence electrons. The average Bonchev–Trinajstić information content (AvgIpc) is 2.92. The van der Waals surface area contributed by atoms with E-state index in [9.17, 15) is 8.42 Å². The molecule has 0 saturated carbocycles. The molecule has 2 aromatic rings. The molecule has 2 rings (SSSR count). The van der Waals surface area contributed by atoms with Crippen LogP contribution >= 0.6 is 11.3 Å².